The molecule has 124 valence electrons. The quantitative estimate of drug-likeness (QED) is 0.766. The molecule has 0 aliphatic rings. The fourth-order valence-electron chi connectivity index (χ4n) is 2.04. The molecule has 0 bridgehead atoms. The zero-order chi connectivity index (χ0) is 16.8. The van der Waals surface area contributed by atoms with Crippen molar-refractivity contribution in [3.8, 4) is 0 Å². The molecule has 0 aliphatic heterocycles. The normalized spacial score (nSPS) is 13.3. The monoisotopic (exact) mass is 337 g/mol. The minimum absolute atomic E-state index is 0.0591. The molecule has 2 atom stereocenters. The fraction of sp³-hybridized carbons (Fsp3) is 0.538. The summed E-state index contributed by atoms with van der Waals surface area (Å²) in [5.74, 6) is -0.296. The Balaban J connectivity index is 2.08. The van der Waals surface area contributed by atoms with E-state index < -0.39 is 6.04 Å². The Hall–Kier alpha value is -2.36. The summed E-state index contributed by atoms with van der Waals surface area (Å²) < 4.78 is 1.45. The van der Waals surface area contributed by atoms with Crippen LogP contribution in [0.25, 0.3) is 0 Å². The Bertz CT molecular complexity index is 655. The number of hydrogen-bond donors (Lipinski definition) is 2. The van der Waals surface area contributed by atoms with Gasteiger partial charge >= 0.3 is 0 Å². The minimum Gasteiger partial charge on any atom is -0.359 e. The highest BCUT2D eigenvalue weighted by Crippen LogP contribution is 2.23. The highest BCUT2D eigenvalue weighted by molar-refractivity contribution is 7.13. The molecule has 9 nitrogen and oxygen atoms in total. The SMILES string of the molecule is CC[C@H](C)[C@@H](C(=O)Nc1nc(CC(=O)NC)cs1)n1cnnn1. The molecule has 0 spiro atoms. The third kappa shape index (κ3) is 4.31. The van der Waals surface area contributed by atoms with Crippen LogP contribution in [0.5, 0.6) is 0 Å². The number of anilines is 1. The summed E-state index contributed by atoms with van der Waals surface area (Å²) in [4.78, 5) is 28.2. The van der Waals surface area contributed by atoms with E-state index in [0.29, 0.717) is 10.8 Å². The molecule has 0 radical (unpaired) electrons. The van der Waals surface area contributed by atoms with Crippen molar-refractivity contribution in [3.63, 3.8) is 0 Å². The van der Waals surface area contributed by atoms with Crippen LogP contribution in [-0.4, -0.2) is 44.1 Å². The molecule has 0 fully saturated rings. The molecule has 0 saturated carbocycles. The number of carbonyl (C=O) groups excluding carboxylic acids is 2. The molecule has 2 aromatic rings. The van der Waals surface area contributed by atoms with E-state index in [1.807, 2.05) is 13.8 Å². The van der Waals surface area contributed by atoms with Crippen LogP contribution in [0.3, 0.4) is 0 Å². The standard InChI is InChI=1S/C13H19N7O2S/c1-4-8(2)11(20-7-15-18-19-20)12(22)17-13-16-9(6-23-13)5-10(21)14-3/h6-8,11H,4-5H2,1-3H3,(H,14,21)(H,16,17,22)/t8-,11-/m0/s1. The van der Waals surface area contributed by atoms with Gasteiger partial charge in [0.2, 0.25) is 5.91 Å². The van der Waals surface area contributed by atoms with Crippen LogP contribution in [0, 0.1) is 5.92 Å². The van der Waals surface area contributed by atoms with Crippen molar-refractivity contribution < 1.29 is 9.59 Å². The average molecular weight is 337 g/mol. The van der Waals surface area contributed by atoms with Crippen LogP contribution in [-0.2, 0) is 16.0 Å². The van der Waals surface area contributed by atoms with E-state index in [-0.39, 0.29) is 24.2 Å². The van der Waals surface area contributed by atoms with Crippen LogP contribution in [0.2, 0.25) is 0 Å². The molecule has 10 heteroatoms. The van der Waals surface area contributed by atoms with E-state index in [1.165, 1.54) is 22.3 Å². The summed E-state index contributed by atoms with van der Waals surface area (Å²) in [6.07, 6.45) is 2.41. The van der Waals surface area contributed by atoms with Gasteiger partial charge in [-0.1, -0.05) is 20.3 Å². The molecule has 0 saturated heterocycles. The molecule has 0 aromatic carbocycles. The van der Waals surface area contributed by atoms with Gasteiger partial charge in [0.1, 0.15) is 12.4 Å². The van der Waals surface area contributed by atoms with Gasteiger partial charge < -0.3 is 10.6 Å². The summed E-state index contributed by atoms with van der Waals surface area (Å²) in [6.45, 7) is 3.96. The Labute approximate surface area is 137 Å². The van der Waals surface area contributed by atoms with Crippen LogP contribution >= 0.6 is 11.3 Å². The lowest BCUT2D eigenvalue weighted by Gasteiger charge is -2.20. The van der Waals surface area contributed by atoms with Gasteiger partial charge in [0.25, 0.3) is 5.91 Å². The molecule has 2 amide bonds. The number of amides is 2. The van der Waals surface area contributed by atoms with Gasteiger partial charge in [-0.05, 0) is 16.3 Å². The minimum atomic E-state index is -0.513. The van der Waals surface area contributed by atoms with Gasteiger partial charge in [0, 0.05) is 12.4 Å². The van der Waals surface area contributed by atoms with Crippen molar-refractivity contribution in [3.05, 3.63) is 17.4 Å². The predicted octanol–water partition coefficient (Wildman–Crippen LogP) is 0.644. The number of hydrogen-bond acceptors (Lipinski definition) is 7. The molecule has 0 aliphatic carbocycles. The van der Waals surface area contributed by atoms with Gasteiger partial charge in [-0.25, -0.2) is 9.67 Å². The van der Waals surface area contributed by atoms with Crippen molar-refractivity contribution in [2.24, 2.45) is 5.92 Å². The lowest BCUT2D eigenvalue weighted by Crippen LogP contribution is -2.31. The van der Waals surface area contributed by atoms with E-state index in [4.69, 9.17) is 0 Å². The molecule has 2 N–H and O–H groups in total. The van der Waals surface area contributed by atoms with E-state index in [9.17, 15) is 9.59 Å². The Morgan fingerprint density at radius 3 is 2.83 bits per heavy atom. The first-order valence-electron chi connectivity index (χ1n) is 7.23. The largest absolute Gasteiger partial charge is 0.359 e. The summed E-state index contributed by atoms with van der Waals surface area (Å²) in [7, 11) is 1.57. The molecule has 0 unspecified atom stereocenters. The van der Waals surface area contributed by atoms with Gasteiger partial charge in [0.15, 0.2) is 5.13 Å². The molecular formula is C13H19N7O2S. The summed E-state index contributed by atoms with van der Waals surface area (Å²) in [6, 6.07) is -0.513. The van der Waals surface area contributed by atoms with E-state index in [1.54, 1.807) is 12.4 Å². The van der Waals surface area contributed by atoms with Crippen molar-refractivity contribution in [2.45, 2.75) is 32.7 Å². The van der Waals surface area contributed by atoms with E-state index in [2.05, 4.69) is 31.1 Å². The first kappa shape index (κ1) is 17.0. The highest BCUT2D eigenvalue weighted by atomic mass is 32.1. The zero-order valence-electron chi connectivity index (χ0n) is 13.2. The first-order valence-corrected chi connectivity index (χ1v) is 8.11. The second-order valence-corrected chi connectivity index (χ2v) is 5.96. The van der Waals surface area contributed by atoms with Crippen molar-refractivity contribution in [1.82, 2.24) is 30.5 Å². The number of thiazole rings is 1. The first-order chi connectivity index (χ1) is 11.0. The Morgan fingerprint density at radius 2 is 2.22 bits per heavy atom. The maximum atomic E-state index is 12.6. The maximum Gasteiger partial charge on any atom is 0.251 e. The predicted molar refractivity (Wildman–Crippen MR) is 84.8 cm³/mol. The third-order valence-corrected chi connectivity index (χ3v) is 4.31. The van der Waals surface area contributed by atoms with Crippen LogP contribution in [0.4, 0.5) is 5.13 Å². The van der Waals surface area contributed by atoms with Crippen molar-refractivity contribution in [2.75, 3.05) is 12.4 Å². The number of carbonyl (C=O) groups is 2. The van der Waals surface area contributed by atoms with Crippen LogP contribution in [0.15, 0.2) is 11.7 Å². The molecule has 2 heterocycles. The van der Waals surface area contributed by atoms with Gasteiger partial charge in [-0.15, -0.1) is 16.4 Å². The molecule has 2 rings (SSSR count). The van der Waals surface area contributed by atoms with Crippen LogP contribution in [0.1, 0.15) is 32.0 Å². The fourth-order valence-corrected chi connectivity index (χ4v) is 2.75. The van der Waals surface area contributed by atoms with Crippen LogP contribution < -0.4 is 10.6 Å². The molecule has 2 aromatic heterocycles. The Morgan fingerprint density at radius 1 is 1.43 bits per heavy atom. The summed E-state index contributed by atoms with van der Waals surface area (Å²) in [5.41, 5.74) is 0.618. The topological polar surface area (TPSA) is 115 Å². The van der Waals surface area contributed by atoms with Gasteiger partial charge in [0.05, 0.1) is 12.1 Å². The summed E-state index contributed by atoms with van der Waals surface area (Å²) >= 11 is 1.28. The number of tetrazole rings is 1. The third-order valence-electron chi connectivity index (χ3n) is 3.50. The average Bonchev–Trinajstić information content (AvgIpc) is 3.19. The van der Waals surface area contributed by atoms with Crippen molar-refractivity contribution in [1.29, 1.82) is 0 Å². The second-order valence-electron chi connectivity index (χ2n) is 5.10. The van der Waals surface area contributed by atoms with Gasteiger partial charge in [-0.3, -0.25) is 9.59 Å². The Kier molecular flexibility index (Phi) is 5.74. The van der Waals surface area contributed by atoms with Crippen molar-refractivity contribution >= 4 is 28.3 Å². The molecular weight excluding hydrogens is 318 g/mol. The number of likely N-dealkylation sites (N-methyl/N-ethyl adjacent to an activating group) is 1. The number of aromatic nitrogens is 5. The summed E-state index contributed by atoms with van der Waals surface area (Å²) in [5, 5.41) is 18.5. The number of nitrogens with one attached hydrogen (secondary N) is 2. The smallest absolute Gasteiger partial charge is 0.251 e. The lowest BCUT2D eigenvalue weighted by atomic mass is 9.99. The maximum absolute atomic E-state index is 12.6. The number of rotatable bonds is 7. The van der Waals surface area contributed by atoms with Gasteiger partial charge in [-0.2, -0.15) is 0 Å². The number of nitrogens with zero attached hydrogens (tertiary/aromatic N) is 5. The van der Waals surface area contributed by atoms with E-state index in [0.717, 1.165) is 6.42 Å². The molecule has 23 heavy (non-hydrogen) atoms. The lowest BCUT2D eigenvalue weighted by molar-refractivity contribution is -0.121. The highest BCUT2D eigenvalue weighted by Gasteiger charge is 2.27. The second kappa shape index (κ2) is 7.77. The van der Waals surface area contributed by atoms with E-state index >= 15 is 0 Å². The zero-order valence-corrected chi connectivity index (χ0v) is 14.0.